The first-order valence-electron chi connectivity index (χ1n) is 10.7. The first-order valence-corrected chi connectivity index (χ1v) is 11.5. The quantitative estimate of drug-likeness (QED) is 0.438. The van der Waals surface area contributed by atoms with Gasteiger partial charge < -0.3 is 19.3 Å². The van der Waals surface area contributed by atoms with E-state index in [-0.39, 0.29) is 0 Å². The van der Waals surface area contributed by atoms with E-state index in [4.69, 9.17) is 4.52 Å². The molecule has 7 heteroatoms. The van der Waals surface area contributed by atoms with Gasteiger partial charge in [0.25, 0.3) is 0 Å². The average Bonchev–Trinajstić information content (AvgIpc) is 3.23. The first kappa shape index (κ1) is 21.3. The molecule has 0 spiro atoms. The lowest BCUT2D eigenvalue weighted by atomic mass is 10.0. The van der Waals surface area contributed by atoms with Gasteiger partial charge in [0.1, 0.15) is 5.76 Å². The van der Waals surface area contributed by atoms with Crippen LogP contribution in [-0.2, 0) is 6.42 Å². The maximum atomic E-state index is 11.4. The van der Waals surface area contributed by atoms with Gasteiger partial charge in [-0.3, -0.25) is 0 Å². The number of nitrogens with zero attached hydrogens (tertiary/aromatic N) is 2. The average molecular weight is 438 g/mol. The second-order valence-electron chi connectivity index (χ2n) is 7.76. The summed E-state index contributed by atoms with van der Waals surface area (Å²) >= 11 is 1.47. The maximum Gasteiger partial charge on any atom is 0.335 e. The van der Waals surface area contributed by atoms with Crippen LogP contribution in [0.3, 0.4) is 0 Å². The van der Waals surface area contributed by atoms with Gasteiger partial charge in [-0.1, -0.05) is 24.2 Å². The lowest BCUT2D eigenvalue weighted by Crippen LogP contribution is -2.29. The van der Waals surface area contributed by atoms with E-state index in [1.54, 1.807) is 18.3 Å². The highest BCUT2D eigenvalue weighted by atomic mass is 32.2. The van der Waals surface area contributed by atoms with Crippen LogP contribution < -0.4 is 9.62 Å². The monoisotopic (exact) mass is 437 g/mol. The number of aryl methyl sites for hydroxylation is 2. The third kappa shape index (κ3) is 4.71. The minimum atomic E-state index is -0.913. The number of benzene rings is 2. The summed E-state index contributed by atoms with van der Waals surface area (Å²) in [6, 6.07) is 11.7. The van der Waals surface area contributed by atoms with Gasteiger partial charge in [-0.15, -0.1) is 0 Å². The van der Waals surface area contributed by atoms with Crippen LogP contribution in [0.1, 0.15) is 47.9 Å². The minimum Gasteiger partial charge on any atom is -0.478 e. The molecule has 162 valence electrons. The van der Waals surface area contributed by atoms with Gasteiger partial charge >= 0.3 is 5.97 Å². The normalized spacial score (nSPS) is 13.9. The second-order valence-corrected chi connectivity index (χ2v) is 8.61. The zero-order chi connectivity index (χ0) is 21.8. The Morgan fingerprint density at radius 2 is 2.00 bits per heavy atom. The van der Waals surface area contributed by atoms with Crippen molar-refractivity contribution in [3.05, 3.63) is 59.5 Å². The Labute approximate surface area is 186 Å². The van der Waals surface area contributed by atoms with Crippen molar-refractivity contribution < 1.29 is 14.4 Å². The largest absolute Gasteiger partial charge is 0.478 e. The molecule has 0 amide bonds. The van der Waals surface area contributed by atoms with E-state index in [9.17, 15) is 9.90 Å². The molecule has 2 N–H and O–H groups in total. The Hall–Kier alpha value is -2.93. The van der Waals surface area contributed by atoms with Crippen LogP contribution in [0.25, 0.3) is 11.1 Å². The summed E-state index contributed by atoms with van der Waals surface area (Å²) < 4.78 is 8.78. The van der Waals surface area contributed by atoms with Crippen LogP contribution in [0, 0.1) is 6.92 Å². The highest BCUT2D eigenvalue weighted by Gasteiger charge is 2.17. The Balaban J connectivity index is 1.67. The molecular formula is C24H27N3O3S. The Kier molecular flexibility index (Phi) is 6.51. The van der Waals surface area contributed by atoms with Crippen molar-refractivity contribution in [1.29, 1.82) is 0 Å². The summed E-state index contributed by atoms with van der Waals surface area (Å²) in [6.07, 6.45) is 6.24. The molecule has 2 heterocycles. The molecule has 1 saturated heterocycles. The summed E-state index contributed by atoms with van der Waals surface area (Å²) in [7, 11) is 0. The molecule has 3 aromatic rings. The van der Waals surface area contributed by atoms with Crippen molar-refractivity contribution in [2.75, 3.05) is 22.7 Å². The van der Waals surface area contributed by atoms with E-state index in [0.717, 1.165) is 58.2 Å². The zero-order valence-corrected chi connectivity index (χ0v) is 18.7. The van der Waals surface area contributed by atoms with E-state index < -0.39 is 5.97 Å². The molecule has 1 aromatic heterocycles. The smallest absolute Gasteiger partial charge is 0.335 e. The van der Waals surface area contributed by atoms with Gasteiger partial charge in [0.05, 0.1) is 23.1 Å². The molecule has 2 aromatic carbocycles. The van der Waals surface area contributed by atoms with Gasteiger partial charge in [-0.25, -0.2) is 4.79 Å². The molecule has 0 unspecified atom stereocenters. The molecule has 31 heavy (non-hydrogen) atoms. The Bertz CT molecular complexity index is 1070. The second kappa shape index (κ2) is 9.47. The van der Waals surface area contributed by atoms with Crippen molar-refractivity contribution in [3.8, 4) is 11.1 Å². The van der Waals surface area contributed by atoms with Crippen molar-refractivity contribution in [2.24, 2.45) is 0 Å². The highest BCUT2D eigenvalue weighted by Crippen LogP contribution is 2.37. The van der Waals surface area contributed by atoms with E-state index in [1.165, 1.54) is 31.2 Å². The molecule has 0 saturated carbocycles. The minimum absolute atomic E-state index is 0.298. The lowest BCUT2D eigenvalue weighted by molar-refractivity contribution is 0.0696. The molecular weight excluding hydrogens is 410 g/mol. The number of carboxylic acid groups (broad SMARTS) is 1. The van der Waals surface area contributed by atoms with Gasteiger partial charge in [0.15, 0.2) is 0 Å². The maximum absolute atomic E-state index is 11.4. The molecule has 1 aliphatic heterocycles. The summed E-state index contributed by atoms with van der Waals surface area (Å²) in [5.74, 6) is -0.129. The number of piperidine rings is 1. The lowest BCUT2D eigenvalue weighted by Gasteiger charge is -2.31. The van der Waals surface area contributed by atoms with Crippen LogP contribution in [0.5, 0.6) is 0 Å². The predicted molar refractivity (Wildman–Crippen MR) is 125 cm³/mol. The number of aromatic carboxylic acids is 1. The van der Waals surface area contributed by atoms with Crippen molar-refractivity contribution in [3.63, 3.8) is 0 Å². The van der Waals surface area contributed by atoms with Crippen molar-refractivity contribution in [2.45, 2.75) is 44.4 Å². The van der Waals surface area contributed by atoms with Crippen LogP contribution in [0.4, 0.5) is 11.4 Å². The van der Waals surface area contributed by atoms with E-state index >= 15 is 0 Å². The topological polar surface area (TPSA) is 78.6 Å². The molecule has 4 rings (SSSR count). The van der Waals surface area contributed by atoms with Gasteiger partial charge in [-0.2, -0.15) is 0 Å². The van der Waals surface area contributed by atoms with Crippen LogP contribution >= 0.6 is 11.9 Å². The zero-order valence-electron chi connectivity index (χ0n) is 17.9. The van der Waals surface area contributed by atoms with Crippen LogP contribution in [0.15, 0.2) is 52.0 Å². The fourth-order valence-corrected chi connectivity index (χ4v) is 4.87. The molecule has 6 nitrogen and oxygen atoms in total. The van der Waals surface area contributed by atoms with Gasteiger partial charge in [0.2, 0.25) is 0 Å². The SMILES string of the molecule is CCc1ccc(C(=O)O)cc1SNc1cc(-c2cnoc2C)ccc1N1CCCCC1. The third-order valence-corrected chi connectivity index (χ3v) is 6.64. The van der Waals surface area contributed by atoms with Crippen molar-refractivity contribution >= 4 is 29.3 Å². The molecule has 0 aliphatic carbocycles. The number of anilines is 2. The highest BCUT2D eigenvalue weighted by molar-refractivity contribution is 8.00. The number of rotatable bonds is 7. The number of nitrogens with one attached hydrogen (secondary N) is 1. The number of hydrogen-bond acceptors (Lipinski definition) is 6. The third-order valence-electron chi connectivity index (χ3n) is 5.72. The van der Waals surface area contributed by atoms with Crippen molar-refractivity contribution in [1.82, 2.24) is 5.16 Å². The van der Waals surface area contributed by atoms with E-state index in [2.05, 4.69) is 39.9 Å². The number of carboxylic acids is 1. The Morgan fingerprint density at radius 3 is 2.68 bits per heavy atom. The van der Waals surface area contributed by atoms with Gasteiger partial charge in [0, 0.05) is 23.5 Å². The summed E-state index contributed by atoms with van der Waals surface area (Å²) in [4.78, 5) is 14.8. The van der Waals surface area contributed by atoms with Gasteiger partial charge in [-0.05, 0) is 79.9 Å². The standard InChI is InChI=1S/C24H27N3O3S/c1-3-17-7-8-19(24(28)29)14-23(17)31-26-21-13-18(20-15-25-30-16(20)2)9-10-22(21)27-11-5-4-6-12-27/h7-10,13-15,26H,3-6,11-12H2,1-2H3,(H,28,29). The predicted octanol–water partition coefficient (Wildman–Crippen LogP) is 6.02. The fraction of sp³-hybridized carbons (Fsp3) is 0.333. The summed E-state index contributed by atoms with van der Waals surface area (Å²) in [5, 5.41) is 13.3. The summed E-state index contributed by atoms with van der Waals surface area (Å²) in [6.45, 7) is 6.07. The molecule has 0 atom stereocenters. The van der Waals surface area contributed by atoms with E-state index in [1.807, 2.05) is 13.0 Å². The fourth-order valence-electron chi connectivity index (χ4n) is 3.96. The molecule has 1 fully saturated rings. The molecule has 1 aliphatic rings. The molecule has 0 bridgehead atoms. The van der Waals surface area contributed by atoms with Crippen LogP contribution in [0.2, 0.25) is 0 Å². The number of carbonyl (C=O) groups is 1. The Morgan fingerprint density at radius 1 is 1.19 bits per heavy atom. The number of hydrogen-bond donors (Lipinski definition) is 2. The van der Waals surface area contributed by atoms with E-state index in [0.29, 0.717) is 5.56 Å². The van der Waals surface area contributed by atoms with Crippen LogP contribution in [-0.4, -0.2) is 29.3 Å². The first-order chi connectivity index (χ1) is 15.1. The number of aromatic nitrogens is 1. The summed E-state index contributed by atoms with van der Waals surface area (Å²) in [5.41, 5.74) is 5.60. The molecule has 0 radical (unpaired) electrons.